The number of morpholine rings is 1. The Hall–Kier alpha value is -0.100. The van der Waals surface area contributed by atoms with Gasteiger partial charge in [0.2, 0.25) is 0 Å². The Balaban J connectivity index is 2.08. The monoisotopic (exact) mass is 335 g/mol. The summed E-state index contributed by atoms with van der Waals surface area (Å²) in [4.78, 5) is 2.38. The molecule has 2 atom stereocenters. The molecule has 18 heavy (non-hydrogen) atoms. The lowest BCUT2D eigenvalue weighted by Crippen LogP contribution is -2.46. The fourth-order valence-corrected chi connectivity index (χ4v) is 3.00. The molecule has 2 heterocycles. The third kappa shape index (κ3) is 3.07. The van der Waals surface area contributed by atoms with E-state index in [4.69, 9.17) is 16.3 Å². The average Bonchev–Trinajstić information content (AvgIpc) is 2.55. The standard InChI is InChI=1S/C12H19BrClN3O/c1-8-5-17(6-10(4-13)18-8)7-11-12(14)9(2)15-16(11)3/h8,10H,4-7H2,1-3H3. The summed E-state index contributed by atoms with van der Waals surface area (Å²) in [5.74, 6) is 0. The van der Waals surface area contributed by atoms with Crippen molar-refractivity contribution >= 4 is 27.5 Å². The predicted octanol–water partition coefficient (Wildman–Crippen LogP) is 2.37. The molecule has 0 aliphatic carbocycles. The van der Waals surface area contributed by atoms with Crippen molar-refractivity contribution in [1.82, 2.24) is 14.7 Å². The molecule has 0 bridgehead atoms. The van der Waals surface area contributed by atoms with Crippen LogP contribution in [0.5, 0.6) is 0 Å². The van der Waals surface area contributed by atoms with Crippen LogP contribution in [0.1, 0.15) is 18.3 Å². The van der Waals surface area contributed by atoms with Crippen molar-refractivity contribution in [2.75, 3.05) is 18.4 Å². The summed E-state index contributed by atoms with van der Waals surface area (Å²) in [5.41, 5.74) is 1.98. The molecule has 0 radical (unpaired) electrons. The second-order valence-corrected chi connectivity index (χ2v) is 5.91. The zero-order valence-corrected chi connectivity index (χ0v) is 13.3. The van der Waals surface area contributed by atoms with E-state index in [0.29, 0.717) is 0 Å². The van der Waals surface area contributed by atoms with E-state index in [1.165, 1.54) is 0 Å². The summed E-state index contributed by atoms with van der Waals surface area (Å²) >= 11 is 9.78. The first-order valence-electron chi connectivity index (χ1n) is 6.13. The molecule has 0 saturated carbocycles. The van der Waals surface area contributed by atoms with Gasteiger partial charge in [-0.1, -0.05) is 27.5 Å². The Morgan fingerprint density at radius 2 is 2.22 bits per heavy atom. The minimum Gasteiger partial charge on any atom is -0.372 e. The molecule has 1 aliphatic rings. The molecule has 102 valence electrons. The van der Waals surface area contributed by atoms with Crippen LogP contribution in [0.25, 0.3) is 0 Å². The topological polar surface area (TPSA) is 30.3 Å². The van der Waals surface area contributed by atoms with Gasteiger partial charge in [0.15, 0.2) is 0 Å². The van der Waals surface area contributed by atoms with Crippen LogP contribution in [0.2, 0.25) is 5.02 Å². The maximum absolute atomic E-state index is 6.29. The molecular formula is C12H19BrClN3O. The summed E-state index contributed by atoms with van der Waals surface area (Å²) in [5, 5.41) is 6.00. The van der Waals surface area contributed by atoms with Gasteiger partial charge in [-0.15, -0.1) is 0 Å². The number of halogens is 2. The largest absolute Gasteiger partial charge is 0.372 e. The summed E-state index contributed by atoms with van der Waals surface area (Å²) in [6.07, 6.45) is 0.510. The molecule has 0 amide bonds. The van der Waals surface area contributed by atoms with Crippen molar-refractivity contribution in [2.45, 2.75) is 32.6 Å². The number of hydrogen-bond acceptors (Lipinski definition) is 3. The highest BCUT2D eigenvalue weighted by Crippen LogP contribution is 2.23. The van der Waals surface area contributed by atoms with E-state index in [2.05, 4.69) is 32.9 Å². The van der Waals surface area contributed by atoms with Gasteiger partial charge in [0.1, 0.15) is 0 Å². The van der Waals surface area contributed by atoms with Crippen LogP contribution in [0.4, 0.5) is 0 Å². The molecule has 2 rings (SSSR count). The molecular weight excluding hydrogens is 318 g/mol. The quantitative estimate of drug-likeness (QED) is 0.794. The Morgan fingerprint density at radius 3 is 2.78 bits per heavy atom. The van der Waals surface area contributed by atoms with Crippen molar-refractivity contribution in [3.8, 4) is 0 Å². The molecule has 4 nitrogen and oxygen atoms in total. The number of alkyl halides is 1. The Morgan fingerprint density at radius 1 is 1.50 bits per heavy atom. The van der Waals surface area contributed by atoms with Crippen LogP contribution in [0.15, 0.2) is 0 Å². The molecule has 1 aliphatic heterocycles. The fourth-order valence-electron chi connectivity index (χ4n) is 2.42. The van der Waals surface area contributed by atoms with E-state index in [1.807, 2.05) is 18.7 Å². The van der Waals surface area contributed by atoms with Crippen molar-refractivity contribution in [3.63, 3.8) is 0 Å². The van der Waals surface area contributed by atoms with Gasteiger partial charge in [-0.2, -0.15) is 5.10 Å². The van der Waals surface area contributed by atoms with E-state index < -0.39 is 0 Å². The lowest BCUT2D eigenvalue weighted by atomic mass is 10.2. The van der Waals surface area contributed by atoms with Crippen molar-refractivity contribution in [1.29, 1.82) is 0 Å². The van der Waals surface area contributed by atoms with Gasteiger partial charge < -0.3 is 4.74 Å². The predicted molar refractivity (Wildman–Crippen MR) is 76.4 cm³/mol. The highest BCUT2D eigenvalue weighted by molar-refractivity contribution is 9.09. The van der Waals surface area contributed by atoms with Crippen molar-refractivity contribution in [3.05, 3.63) is 16.4 Å². The molecule has 0 N–H and O–H groups in total. The van der Waals surface area contributed by atoms with Gasteiger partial charge >= 0.3 is 0 Å². The van der Waals surface area contributed by atoms with E-state index in [9.17, 15) is 0 Å². The SMILES string of the molecule is Cc1nn(C)c(CN2CC(C)OC(CBr)C2)c1Cl. The fraction of sp³-hybridized carbons (Fsp3) is 0.750. The van der Waals surface area contributed by atoms with E-state index in [1.54, 1.807) is 0 Å². The van der Waals surface area contributed by atoms with Crippen LogP contribution in [0.3, 0.4) is 0 Å². The first-order valence-corrected chi connectivity index (χ1v) is 7.63. The minimum absolute atomic E-state index is 0.252. The number of aryl methyl sites for hydroxylation is 2. The highest BCUT2D eigenvalue weighted by atomic mass is 79.9. The number of rotatable bonds is 3. The lowest BCUT2D eigenvalue weighted by Gasteiger charge is -2.36. The smallest absolute Gasteiger partial charge is 0.0860 e. The molecule has 2 unspecified atom stereocenters. The van der Waals surface area contributed by atoms with Crippen LogP contribution < -0.4 is 0 Å². The molecule has 6 heteroatoms. The van der Waals surface area contributed by atoms with Crippen molar-refractivity contribution < 1.29 is 4.74 Å². The van der Waals surface area contributed by atoms with Crippen LogP contribution >= 0.6 is 27.5 Å². The molecule has 1 saturated heterocycles. The van der Waals surface area contributed by atoms with E-state index in [-0.39, 0.29) is 12.2 Å². The Kier molecular flexibility index (Phi) is 4.69. The third-order valence-electron chi connectivity index (χ3n) is 3.21. The van der Waals surface area contributed by atoms with Gasteiger partial charge in [-0.3, -0.25) is 9.58 Å². The van der Waals surface area contributed by atoms with E-state index >= 15 is 0 Å². The molecule has 0 spiro atoms. The first-order chi connectivity index (χ1) is 8.51. The van der Waals surface area contributed by atoms with E-state index in [0.717, 1.165) is 41.4 Å². The van der Waals surface area contributed by atoms with Crippen LogP contribution in [-0.2, 0) is 18.3 Å². The second-order valence-electron chi connectivity index (χ2n) is 4.89. The number of hydrogen-bond donors (Lipinski definition) is 0. The zero-order chi connectivity index (χ0) is 13.3. The van der Waals surface area contributed by atoms with Crippen LogP contribution in [0, 0.1) is 6.92 Å². The Bertz CT molecular complexity index is 424. The average molecular weight is 337 g/mol. The van der Waals surface area contributed by atoms with Gasteiger partial charge in [-0.25, -0.2) is 0 Å². The summed E-state index contributed by atoms with van der Waals surface area (Å²) in [6, 6.07) is 0. The molecule has 0 aromatic carbocycles. The summed E-state index contributed by atoms with van der Waals surface area (Å²) < 4.78 is 7.70. The maximum atomic E-state index is 6.29. The normalized spacial score (nSPS) is 25.6. The highest BCUT2D eigenvalue weighted by Gasteiger charge is 2.26. The number of nitrogens with zero attached hydrogens (tertiary/aromatic N) is 3. The second kappa shape index (κ2) is 5.90. The zero-order valence-electron chi connectivity index (χ0n) is 11.0. The van der Waals surface area contributed by atoms with Crippen molar-refractivity contribution in [2.24, 2.45) is 7.05 Å². The molecule has 1 fully saturated rings. The number of ether oxygens (including phenoxy) is 1. The summed E-state index contributed by atoms with van der Waals surface area (Å²) in [6.45, 7) is 6.74. The lowest BCUT2D eigenvalue weighted by molar-refractivity contribution is -0.0683. The Labute approximate surface area is 121 Å². The first kappa shape index (κ1) is 14.3. The van der Waals surface area contributed by atoms with Gasteiger partial charge in [0.25, 0.3) is 0 Å². The third-order valence-corrected chi connectivity index (χ3v) is 4.42. The molecule has 1 aromatic rings. The number of aromatic nitrogens is 2. The van der Waals surface area contributed by atoms with Gasteiger partial charge in [0, 0.05) is 32.0 Å². The van der Waals surface area contributed by atoms with Crippen LogP contribution in [-0.4, -0.2) is 45.3 Å². The van der Waals surface area contributed by atoms with Gasteiger partial charge in [-0.05, 0) is 13.8 Å². The maximum Gasteiger partial charge on any atom is 0.0860 e. The van der Waals surface area contributed by atoms with Gasteiger partial charge in [0.05, 0.1) is 28.6 Å². The molecule has 1 aromatic heterocycles. The minimum atomic E-state index is 0.252. The summed E-state index contributed by atoms with van der Waals surface area (Å²) in [7, 11) is 1.94.